The second-order valence-corrected chi connectivity index (χ2v) is 3.39. The molecule has 0 fully saturated rings. The minimum Gasteiger partial charge on any atom is -0.465 e. The van der Waals surface area contributed by atoms with Gasteiger partial charge in [0.1, 0.15) is 11.4 Å². The molecule has 0 atom stereocenters. The largest absolute Gasteiger partial charge is 0.465 e. The highest BCUT2D eigenvalue weighted by Crippen LogP contribution is 2.25. The minimum absolute atomic E-state index is 0.0544. The Bertz CT molecular complexity index is 540. The van der Waals surface area contributed by atoms with Crippen LogP contribution in [0.2, 0.25) is 0 Å². The molecule has 0 aliphatic heterocycles. The molecule has 0 amide bonds. The van der Waals surface area contributed by atoms with Crippen LogP contribution in [0, 0.1) is 5.82 Å². The molecular formula is C13H10FNO2. The molecule has 17 heavy (non-hydrogen) atoms. The van der Waals surface area contributed by atoms with Gasteiger partial charge < -0.3 is 4.74 Å². The first-order valence-electron chi connectivity index (χ1n) is 5.01. The van der Waals surface area contributed by atoms with Crippen LogP contribution in [-0.2, 0) is 4.74 Å². The predicted octanol–water partition coefficient (Wildman–Crippen LogP) is 2.67. The van der Waals surface area contributed by atoms with E-state index in [0.29, 0.717) is 5.56 Å². The molecule has 4 heteroatoms. The van der Waals surface area contributed by atoms with Gasteiger partial charge in [-0.2, -0.15) is 0 Å². The van der Waals surface area contributed by atoms with Gasteiger partial charge in [-0.15, -0.1) is 0 Å². The standard InChI is InChI=1S/C13H10FNO2/c1-17-13(16)12-10(3-2-4-11(12)14)9-5-7-15-8-6-9/h2-8H,1H3. The van der Waals surface area contributed by atoms with Crippen molar-refractivity contribution in [1.82, 2.24) is 4.98 Å². The second kappa shape index (κ2) is 4.74. The van der Waals surface area contributed by atoms with Crippen LogP contribution in [0.4, 0.5) is 4.39 Å². The zero-order valence-electron chi connectivity index (χ0n) is 9.18. The number of halogens is 1. The molecule has 0 radical (unpaired) electrons. The Morgan fingerprint density at radius 1 is 1.24 bits per heavy atom. The third-order valence-corrected chi connectivity index (χ3v) is 2.39. The summed E-state index contributed by atoms with van der Waals surface area (Å²) < 4.78 is 18.2. The lowest BCUT2D eigenvalue weighted by molar-refractivity contribution is 0.0596. The molecule has 0 unspecified atom stereocenters. The van der Waals surface area contributed by atoms with Gasteiger partial charge in [-0.25, -0.2) is 9.18 Å². The maximum absolute atomic E-state index is 13.7. The number of benzene rings is 1. The van der Waals surface area contributed by atoms with Gasteiger partial charge in [-0.3, -0.25) is 4.98 Å². The third-order valence-electron chi connectivity index (χ3n) is 2.39. The van der Waals surface area contributed by atoms with Gasteiger partial charge in [0.05, 0.1) is 7.11 Å². The molecule has 2 aromatic rings. The van der Waals surface area contributed by atoms with Gasteiger partial charge in [-0.05, 0) is 29.3 Å². The predicted molar refractivity (Wildman–Crippen MR) is 61.0 cm³/mol. The Kier molecular flexibility index (Phi) is 3.14. The van der Waals surface area contributed by atoms with Crippen molar-refractivity contribution in [3.05, 3.63) is 54.1 Å². The summed E-state index contributed by atoms with van der Waals surface area (Å²) in [6.07, 6.45) is 3.17. The molecule has 2 rings (SSSR count). The SMILES string of the molecule is COC(=O)c1c(F)cccc1-c1ccncc1. The third kappa shape index (κ3) is 2.15. The monoisotopic (exact) mass is 231 g/mol. The Labute approximate surface area is 97.9 Å². The normalized spacial score (nSPS) is 10.0. The maximum Gasteiger partial charge on any atom is 0.341 e. The fourth-order valence-corrected chi connectivity index (χ4v) is 1.61. The van der Waals surface area contributed by atoms with Crippen LogP contribution in [0.5, 0.6) is 0 Å². The molecule has 0 aliphatic rings. The van der Waals surface area contributed by atoms with E-state index in [9.17, 15) is 9.18 Å². The molecule has 3 nitrogen and oxygen atoms in total. The molecule has 0 N–H and O–H groups in total. The summed E-state index contributed by atoms with van der Waals surface area (Å²) in [5.74, 6) is -1.28. The molecule has 0 aliphatic carbocycles. The molecule has 0 saturated heterocycles. The quantitative estimate of drug-likeness (QED) is 0.746. The second-order valence-electron chi connectivity index (χ2n) is 3.39. The minimum atomic E-state index is -0.685. The number of carbonyl (C=O) groups is 1. The van der Waals surface area contributed by atoms with E-state index in [0.717, 1.165) is 5.56 Å². The number of methoxy groups -OCH3 is 1. The van der Waals surface area contributed by atoms with Crippen LogP contribution in [0.15, 0.2) is 42.7 Å². The molecule has 0 spiro atoms. The molecule has 0 saturated carbocycles. The van der Waals surface area contributed by atoms with E-state index in [2.05, 4.69) is 9.72 Å². The lowest BCUT2D eigenvalue weighted by Crippen LogP contribution is -2.06. The summed E-state index contributed by atoms with van der Waals surface area (Å²) in [6, 6.07) is 7.88. The molecule has 1 aromatic carbocycles. The zero-order valence-corrected chi connectivity index (χ0v) is 9.18. The maximum atomic E-state index is 13.7. The van der Waals surface area contributed by atoms with E-state index in [1.165, 1.54) is 13.2 Å². The van der Waals surface area contributed by atoms with E-state index in [1.54, 1.807) is 36.7 Å². The highest BCUT2D eigenvalue weighted by atomic mass is 19.1. The zero-order chi connectivity index (χ0) is 12.3. The summed E-state index contributed by atoms with van der Waals surface area (Å²) in [4.78, 5) is 15.4. The number of hydrogen-bond donors (Lipinski definition) is 0. The Morgan fingerprint density at radius 2 is 1.94 bits per heavy atom. The van der Waals surface area contributed by atoms with Gasteiger partial charge >= 0.3 is 5.97 Å². The topological polar surface area (TPSA) is 39.2 Å². The van der Waals surface area contributed by atoms with E-state index in [1.807, 2.05) is 0 Å². The van der Waals surface area contributed by atoms with Crippen molar-refractivity contribution < 1.29 is 13.9 Å². The number of pyridine rings is 1. The highest BCUT2D eigenvalue weighted by molar-refractivity contribution is 5.97. The number of carbonyl (C=O) groups excluding carboxylic acids is 1. The average Bonchev–Trinajstić information content (AvgIpc) is 2.38. The van der Waals surface area contributed by atoms with Crippen molar-refractivity contribution in [2.75, 3.05) is 7.11 Å². The molecule has 1 heterocycles. The number of hydrogen-bond acceptors (Lipinski definition) is 3. The van der Waals surface area contributed by atoms with Crippen molar-refractivity contribution in [3.8, 4) is 11.1 Å². The smallest absolute Gasteiger partial charge is 0.341 e. The van der Waals surface area contributed by atoms with Gasteiger partial charge in [0.25, 0.3) is 0 Å². The first-order chi connectivity index (χ1) is 8.24. The number of rotatable bonds is 2. The highest BCUT2D eigenvalue weighted by Gasteiger charge is 2.17. The van der Waals surface area contributed by atoms with Gasteiger partial charge in [-0.1, -0.05) is 12.1 Å². The van der Waals surface area contributed by atoms with Crippen molar-refractivity contribution in [2.45, 2.75) is 0 Å². The Hall–Kier alpha value is -2.23. The Morgan fingerprint density at radius 3 is 2.59 bits per heavy atom. The summed E-state index contributed by atoms with van der Waals surface area (Å²) in [5.41, 5.74) is 1.17. The van der Waals surface area contributed by atoms with Gasteiger partial charge in [0.15, 0.2) is 0 Å². The van der Waals surface area contributed by atoms with Crippen LogP contribution < -0.4 is 0 Å². The molecule has 1 aromatic heterocycles. The first kappa shape index (κ1) is 11.3. The summed E-state index contributed by atoms with van der Waals surface area (Å²) in [5, 5.41) is 0. The van der Waals surface area contributed by atoms with Crippen molar-refractivity contribution in [1.29, 1.82) is 0 Å². The molecule has 0 bridgehead atoms. The fourth-order valence-electron chi connectivity index (χ4n) is 1.61. The number of esters is 1. The first-order valence-corrected chi connectivity index (χ1v) is 5.01. The average molecular weight is 231 g/mol. The number of ether oxygens (including phenoxy) is 1. The van der Waals surface area contributed by atoms with E-state index >= 15 is 0 Å². The summed E-state index contributed by atoms with van der Waals surface area (Å²) in [7, 11) is 1.23. The lowest BCUT2D eigenvalue weighted by Gasteiger charge is -2.08. The summed E-state index contributed by atoms with van der Waals surface area (Å²) in [6.45, 7) is 0. The molecule has 86 valence electrons. The Balaban J connectivity index is 2.62. The van der Waals surface area contributed by atoms with Crippen molar-refractivity contribution in [2.24, 2.45) is 0 Å². The van der Waals surface area contributed by atoms with Crippen LogP contribution in [0.25, 0.3) is 11.1 Å². The molecular weight excluding hydrogens is 221 g/mol. The van der Waals surface area contributed by atoms with Crippen molar-refractivity contribution >= 4 is 5.97 Å². The van der Waals surface area contributed by atoms with E-state index in [4.69, 9.17) is 0 Å². The van der Waals surface area contributed by atoms with Crippen molar-refractivity contribution in [3.63, 3.8) is 0 Å². The summed E-state index contributed by atoms with van der Waals surface area (Å²) >= 11 is 0. The van der Waals surface area contributed by atoms with Crippen LogP contribution in [-0.4, -0.2) is 18.1 Å². The van der Waals surface area contributed by atoms with Crippen LogP contribution in [0.1, 0.15) is 10.4 Å². The van der Waals surface area contributed by atoms with Gasteiger partial charge in [0, 0.05) is 12.4 Å². The van der Waals surface area contributed by atoms with Crippen LogP contribution >= 0.6 is 0 Å². The lowest BCUT2D eigenvalue weighted by atomic mass is 10.0. The fraction of sp³-hybridized carbons (Fsp3) is 0.0769. The van der Waals surface area contributed by atoms with E-state index < -0.39 is 11.8 Å². The number of nitrogens with zero attached hydrogens (tertiary/aromatic N) is 1. The van der Waals surface area contributed by atoms with Gasteiger partial charge in [0.2, 0.25) is 0 Å². The van der Waals surface area contributed by atoms with Crippen LogP contribution in [0.3, 0.4) is 0 Å². The van der Waals surface area contributed by atoms with E-state index in [-0.39, 0.29) is 5.56 Å². The number of aromatic nitrogens is 1.